The summed E-state index contributed by atoms with van der Waals surface area (Å²) in [4.78, 5) is 10.6. The molecule has 112 valence electrons. The van der Waals surface area contributed by atoms with Crippen molar-refractivity contribution in [2.45, 2.75) is 71.8 Å². The van der Waals surface area contributed by atoms with Crippen molar-refractivity contribution >= 4 is 0 Å². The molecule has 0 aromatic heterocycles. The van der Waals surface area contributed by atoms with Gasteiger partial charge in [-0.25, -0.2) is 0 Å². The molecule has 0 bridgehead atoms. The number of hydrogen-bond acceptors (Lipinski definition) is 3. The highest BCUT2D eigenvalue weighted by Crippen LogP contribution is 2.36. The molecule has 3 heteroatoms. The minimum absolute atomic E-state index is 0.0460. The van der Waals surface area contributed by atoms with Crippen molar-refractivity contribution in [3.63, 3.8) is 0 Å². The number of phenols is 1. The van der Waals surface area contributed by atoms with Crippen LogP contribution in [-0.2, 0) is 6.54 Å². The summed E-state index contributed by atoms with van der Waals surface area (Å²) in [5, 5.41) is 13.3. The first-order valence-corrected chi connectivity index (χ1v) is 7.69. The summed E-state index contributed by atoms with van der Waals surface area (Å²) in [6.07, 6.45) is 4.35. The third kappa shape index (κ3) is 4.06. The number of hydrogen-bond donors (Lipinski definition) is 1. The number of rotatable bonds is 8. The third-order valence-corrected chi connectivity index (χ3v) is 4.02. The maximum atomic E-state index is 10.6. The summed E-state index contributed by atoms with van der Waals surface area (Å²) >= 11 is 0. The Bertz CT molecular complexity index is 443. The van der Waals surface area contributed by atoms with Gasteiger partial charge in [0.25, 0.3) is 0 Å². The number of phenolic OH excluding ortho intramolecular Hbond substituents is 1. The molecule has 0 radical (unpaired) electrons. The van der Waals surface area contributed by atoms with Crippen LogP contribution in [0.3, 0.4) is 0 Å². The number of nitroso groups, excluding NO2 is 1. The van der Waals surface area contributed by atoms with Crippen molar-refractivity contribution in [3.05, 3.63) is 33.7 Å². The third-order valence-electron chi connectivity index (χ3n) is 4.02. The molecule has 2 unspecified atom stereocenters. The molecular formula is C17H27NO2. The molecule has 0 saturated heterocycles. The van der Waals surface area contributed by atoms with Crippen LogP contribution in [0, 0.1) is 4.91 Å². The number of aromatic hydroxyl groups is 1. The predicted molar refractivity (Wildman–Crippen MR) is 84.3 cm³/mol. The van der Waals surface area contributed by atoms with Crippen molar-refractivity contribution in [1.82, 2.24) is 0 Å². The summed E-state index contributed by atoms with van der Waals surface area (Å²) in [5.41, 5.74) is 2.84. The van der Waals surface area contributed by atoms with Crippen LogP contribution in [0.25, 0.3) is 0 Å². The molecule has 0 aliphatic heterocycles. The van der Waals surface area contributed by atoms with E-state index >= 15 is 0 Å². The molecule has 1 rings (SSSR count). The second kappa shape index (κ2) is 8.03. The lowest BCUT2D eigenvalue weighted by Crippen LogP contribution is -2.01. The van der Waals surface area contributed by atoms with Gasteiger partial charge in [-0.1, -0.05) is 51.8 Å². The molecule has 0 aliphatic rings. The molecule has 1 aromatic carbocycles. The lowest BCUT2D eigenvalue weighted by molar-refractivity contribution is 0.452. The minimum Gasteiger partial charge on any atom is -0.507 e. The Morgan fingerprint density at radius 2 is 1.70 bits per heavy atom. The molecule has 0 fully saturated rings. The van der Waals surface area contributed by atoms with Crippen molar-refractivity contribution < 1.29 is 5.11 Å². The van der Waals surface area contributed by atoms with Crippen molar-refractivity contribution in [2.75, 3.05) is 0 Å². The number of nitrogens with zero attached hydrogens (tertiary/aromatic N) is 1. The van der Waals surface area contributed by atoms with Crippen LogP contribution < -0.4 is 0 Å². The van der Waals surface area contributed by atoms with E-state index < -0.39 is 0 Å². The largest absolute Gasteiger partial charge is 0.507 e. The second-order valence-corrected chi connectivity index (χ2v) is 5.78. The number of benzene rings is 1. The van der Waals surface area contributed by atoms with Crippen LogP contribution in [0.15, 0.2) is 17.3 Å². The van der Waals surface area contributed by atoms with Crippen molar-refractivity contribution in [3.8, 4) is 5.75 Å². The highest BCUT2D eigenvalue weighted by molar-refractivity contribution is 5.46. The van der Waals surface area contributed by atoms with Crippen molar-refractivity contribution in [1.29, 1.82) is 0 Å². The van der Waals surface area contributed by atoms with Crippen LogP contribution >= 0.6 is 0 Å². The van der Waals surface area contributed by atoms with Crippen LogP contribution in [0.1, 0.15) is 81.9 Å². The van der Waals surface area contributed by atoms with Gasteiger partial charge in [0.1, 0.15) is 12.3 Å². The summed E-state index contributed by atoms with van der Waals surface area (Å²) in [5.74, 6) is 1.01. The van der Waals surface area contributed by atoms with E-state index in [0.717, 1.165) is 31.2 Å². The standard InChI is InChI=1S/C17H27NO2/c1-5-7-12(3)14-9-15(11-18-20)17(19)16(10-14)13(4)8-6-2/h9-10,12-13,19H,5-8,11H2,1-4H3. The first-order chi connectivity index (χ1) is 9.54. The molecular weight excluding hydrogens is 250 g/mol. The van der Waals surface area contributed by atoms with E-state index in [-0.39, 0.29) is 12.3 Å². The van der Waals surface area contributed by atoms with Gasteiger partial charge in [0.05, 0.1) is 0 Å². The van der Waals surface area contributed by atoms with E-state index in [0.29, 0.717) is 17.4 Å². The van der Waals surface area contributed by atoms with Crippen LogP contribution in [0.5, 0.6) is 5.75 Å². The topological polar surface area (TPSA) is 49.7 Å². The fraction of sp³-hybridized carbons (Fsp3) is 0.647. The van der Waals surface area contributed by atoms with Gasteiger partial charge >= 0.3 is 0 Å². The first kappa shape index (κ1) is 16.7. The van der Waals surface area contributed by atoms with Gasteiger partial charge in [0.15, 0.2) is 0 Å². The van der Waals surface area contributed by atoms with Gasteiger partial charge in [-0.05, 0) is 41.9 Å². The molecule has 0 aliphatic carbocycles. The molecule has 2 atom stereocenters. The van der Waals surface area contributed by atoms with E-state index in [1.54, 1.807) is 0 Å². The first-order valence-electron chi connectivity index (χ1n) is 7.69. The lowest BCUT2D eigenvalue weighted by atomic mass is 9.87. The zero-order chi connectivity index (χ0) is 15.1. The van der Waals surface area contributed by atoms with E-state index in [9.17, 15) is 10.0 Å². The molecule has 0 spiro atoms. The van der Waals surface area contributed by atoms with Gasteiger partial charge < -0.3 is 5.11 Å². The molecule has 0 heterocycles. The summed E-state index contributed by atoms with van der Waals surface area (Å²) in [6, 6.07) is 4.06. The quantitative estimate of drug-likeness (QED) is 0.641. The molecule has 0 amide bonds. The van der Waals surface area contributed by atoms with Gasteiger partial charge in [0.2, 0.25) is 0 Å². The Labute approximate surface area is 122 Å². The average molecular weight is 277 g/mol. The Hall–Kier alpha value is -1.38. The predicted octanol–water partition coefficient (Wildman–Crippen LogP) is 5.47. The zero-order valence-electron chi connectivity index (χ0n) is 13.1. The van der Waals surface area contributed by atoms with E-state index in [4.69, 9.17) is 0 Å². The molecule has 1 N–H and O–H groups in total. The Morgan fingerprint density at radius 1 is 1.10 bits per heavy atom. The van der Waals surface area contributed by atoms with E-state index in [2.05, 4.69) is 38.9 Å². The van der Waals surface area contributed by atoms with Crippen LogP contribution in [0.4, 0.5) is 0 Å². The minimum atomic E-state index is 0.0460. The smallest absolute Gasteiger partial charge is 0.124 e. The summed E-state index contributed by atoms with van der Waals surface area (Å²) < 4.78 is 0. The van der Waals surface area contributed by atoms with Crippen molar-refractivity contribution in [2.24, 2.45) is 5.18 Å². The fourth-order valence-corrected chi connectivity index (χ4v) is 2.78. The summed E-state index contributed by atoms with van der Waals surface area (Å²) in [7, 11) is 0. The maximum Gasteiger partial charge on any atom is 0.124 e. The van der Waals surface area contributed by atoms with E-state index in [1.807, 2.05) is 6.07 Å². The maximum absolute atomic E-state index is 10.6. The zero-order valence-corrected chi connectivity index (χ0v) is 13.1. The second-order valence-electron chi connectivity index (χ2n) is 5.78. The average Bonchev–Trinajstić information content (AvgIpc) is 2.41. The highest BCUT2D eigenvalue weighted by Gasteiger charge is 2.17. The Morgan fingerprint density at radius 3 is 2.25 bits per heavy atom. The monoisotopic (exact) mass is 277 g/mol. The molecule has 1 aromatic rings. The van der Waals surface area contributed by atoms with Crippen LogP contribution in [-0.4, -0.2) is 5.11 Å². The van der Waals surface area contributed by atoms with Gasteiger partial charge in [-0.2, -0.15) is 4.91 Å². The molecule has 3 nitrogen and oxygen atoms in total. The fourth-order valence-electron chi connectivity index (χ4n) is 2.78. The Balaban J connectivity index is 3.22. The molecule has 0 saturated carbocycles. The SMILES string of the molecule is CCCC(C)c1cc(CN=O)c(O)c(C(C)CCC)c1. The van der Waals surface area contributed by atoms with Gasteiger partial charge in [0, 0.05) is 5.56 Å². The molecule has 20 heavy (non-hydrogen) atoms. The normalized spacial score (nSPS) is 14.0. The highest BCUT2D eigenvalue weighted by atomic mass is 16.3. The van der Waals surface area contributed by atoms with Crippen LogP contribution in [0.2, 0.25) is 0 Å². The van der Waals surface area contributed by atoms with E-state index in [1.165, 1.54) is 5.56 Å². The summed E-state index contributed by atoms with van der Waals surface area (Å²) in [6.45, 7) is 8.69. The van der Waals surface area contributed by atoms with Gasteiger partial charge in [-0.3, -0.25) is 0 Å². The Kier molecular flexibility index (Phi) is 6.69. The van der Waals surface area contributed by atoms with Gasteiger partial charge in [-0.15, -0.1) is 0 Å². The lowest BCUT2D eigenvalue weighted by Gasteiger charge is -2.19.